The Morgan fingerprint density at radius 2 is 2.04 bits per heavy atom. The normalized spacial score (nSPS) is 16.2. The van der Waals surface area contributed by atoms with Crippen molar-refractivity contribution in [1.82, 2.24) is 14.3 Å². The molecule has 1 aliphatic rings. The Morgan fingerprint density at radius 3 is 2.68 bits per heavy atom. The van der Waals surface area contributed by atoms with Gasteiger partial charge in [0.05, 0.1) is 11.7 Å². The third kappa shape index (κ3) is 2.95. The molecule has 28 heavy (non-hydrogen) atoms. The topological polar surface area (TPSA) is 74.9 Å². The highest BCUT2D eigenvalue weighted by Gasteiger charge is 2.32. The van der Waals surface area contributed by atoms with Gasteiger partial charge in [0.15, 0.2) is 17.2 Å². The van der Waals surface area contributed by atoms with Gasteiger partial charge < -0.3 is 14.4 Å². The number of aromatic nitrogens is 2. The molecule has 0 saturated carbocycles. The number of ketones is 1. The van der Waals surface area contributed by atoms with E-state index in [1.807, 2.05) is 42.6 Å². The zero-order valence-electron chi connectivity index (χ0n) is 16.1. The second-order valence-corrected chi connectivity index (χ2v) is 7.32. The van der Waals surface area contributed by atoms with Crippen LogP contribution in [-0.4, -0.2) is 38.1 Å². The number of benzene rings is 1. The number of aromatic hydroxyl groups is 1. The Balaban J connectivity index is 1.74. The van der Waals surface area contributed by atoms with Gasteiger partial charge in [0.25, 0.3) is 0 Å². The summed E-state index contributed by atoms with van der Waals surface area (Å²) in [6, 6.07) is 9.09. The SMILES string of the molecule is Cc1nc2c(O)c(CCC(=O)c3ccccc3)c(C3CCN3C=O)cn2c1C. The smallest absolute Gasteiger partial charge is 0.210 e. The third-order valence-electron chi connectivity index (χ3n) is 5.75. The number of likely N-dealkylation sites (tertiary alicyclic amines) is 1. The summed E-state index contributed by atoms with van der Waals surface area (Å²) >= 11 is 0. The minimum Gasteiger partial charge on any atom is -0.504 e. The van der Waals surface area contributed by atoms with Crippen LogP contribution in [0.3, 0.4) is 0 Å². The van der Waals surface area contributed by atoms with Crippen molar-refractivity contribution < 1.29 is 14.7 Å². The molecule has 1 saturated heterocycles. The first-order chi connectivity index (χ1) is 13.5. The molecule has 1 aliphatic heterocycles. The minimum atomic E-state index is -0.0725. The molecule has 3 heterocycles. The van der Waals surface area contributed by atoms with Gasteiger partial charge in [0.2, 0.25) is 6.41 Å². The zero-order valence-corrected chi connectivity index (χ0v) is 16.1. The number of fused-ring (bicyclic) bond motifs is 1. The summed E-state index contributed by atoms with van der Waals surface area (Å²) in [6.07, 6.45) is 4.34. The van der Waals surface area contributed by atoms with Gasteiger partial charge in [-0.15, -0.1) is 0 Å². The maximum atomic E-state index is 12.6. The quantitative estimate of drug-likeness (QED) is 0.528. The monoisotopic (exact) mass is 377 g/mol. The Kier molecular flexibility index (Phi) is 4.63. The molecule has 1 amide bonds. The van der Waals surface area contributed by atoms with Gasteiger partial charge in [0.1, 0.15) is 0 Å². The van der Waals surface area contributed by atoms with Crippen molar-refractivity contribution in [3.63, 3.8) is 0 Å². The number of aryl methyl sites for hydroxylation is 2. The largest absolute Gasteiger partial charge is 0.504 e. The van der Waals surface area contributed by atoms with E-state index >= 15 is 0 Å². The standard InChI is InChI=1S/C22H23N3O3/c1-14-15(2)25-12-18(19-10-11-24(19)13-26)17(21(28)22(25)23-14)8-9-20(27)16-6-4-3-5-7-16/h3-7,12-13,19,28H,8-11H2,1-2H3. The predicted molar refractivity (Wildman–Crippen MR) is 106 cm³/mol. The number of pyridine rings is 1. The zero-order chi connectivity index (χ0) is 19.8. The first-order valence-electron chi connectivity index (χ1n) is 9.50. The molecule has 6 heteroatoms. The van der Waals surface area contributed by atoms with Gasteiger partial charge in [0, 0.05) is 36.0 Å². The van der Waals surface area contributed by atoms with E-state index in [0.29, 0.717) is 29.7 Å². The van der Waals surface area contributed by atoms with Crippen LogP contribution in [0.1, 0.15) is 51.8 Å². The fourth-order valence-corrected chi connectivity index (χ4v) is 3.86. The minimum absolute atomic E-state index is 0.0300. The molecule has 0 bridgehead atoms. The van der Waals surface area contributed by atoms with Crippen molar-refractivity contribution >= 4 is 17.8 Å². The second-order valence-electron chi connectivity index (χ2n) is 7.32. The molecular weight excluding hydrogens is 354 g/mol. The van der Waals surface area contributed by atoms with Gasteiger partial charge in [-0.3, -0.25) is 9.59 Å². The summed E-state index contributed by atoms with van der Waals surface area (Å²) in [6.45, 7) is 4.56. The number of carbonyl (C=O) groups is 2. The highest BCUT2D eigenvalue weighted by Crippen LogP contribution is 2.39. The molecular formula is C22H23N3O3. The molecule has 0 spiro atoms. The number of hydrogen-bond donors (Lipinski definition) is 1. The first kappa shape index (κ1) is 18.2. The highest BCUT2D eigenvalue weighted by atomic mass is 16.3. The summed E-state index contributed by atoms with van der Waals surface area (Å²) < 4.78 is 1.88. The van der Waals surface area contributed by atoms with E-state index in [-0.39, 0.29) is 24.0 Å². The molecule has 144 valence electrons. The summed E-state index contributed by atoms with van der Waals surface area (Å²) in [5.41, 5.74) is 4.56. The number of nitrogens with zero attached hydrogens (tertiary/aromatic N) is 3. The van der Waals surface area contributed by atoms with Crippen molar-refractivity contribution in [3.05, 3.63) is 64.6 Å². The summed E-state index contributed by atoms with van der Waals surface area (Å²) in [5.74, 6) is 0.134. The number of Topliss-reactive ketones (excluding diaryl/α,β-unsaturated/α-hetero) is 1. The molecule has 0 aliphatic carbocycles. The van der Waals surface area contributed by atoms with Gasteiger partial charge >= 0.3 is 0 Å². The number of carbonyl (C=O) groups excluding carboxylic acids is 2. The fraction of sp³-hybridized carbons (Fsp3) is 0.318. The Labute approximate surface area is 163 Å². The van der Waals surface area contributed by atoms with E-state index in [9.17, 15) is 14.7 Å². The molecule has 1 N–H and O–H groups in total. The molecule has 2 aromatic heterocycles. The van der Waals surface area contributed by atoms with E-state index in [0.717, 1.165) is 29.8 Å². The molecule has 4 rings (SSSR count). The molecule has 0 radical (unpaired) electrons. The Hall–Kier alpha value is -3.15. The van der Waals surface area contributed by atoms with E-state index in [4.69, 9.17) is 0 Å². The number of imidazole rings is 1. The lowest BCUT2D eigenvalue weighted by Crippen LogP contribution is -2.40. The molecule has 3 aromatic rings. The van der Waals surface area contributed by atoms with E-state index in [2.05, 4.69) is 4.98 Å². The maximum Gasteiger partial charge on any atom is 0.210 e. The molecule has 6 nitrogen and oxygen atoms in total. The van der Waals surface area contributed by atoms with Crippen LogP contribution in [0, 0.1) is 13.8 Å². The van der Waals surface area contributed by atoms with Crippen LogP contribution in [0.25, 0.3) is 5.65 Å². The lowest BCUT2D eigenvalue weighted by Gasteiger charge is -2.39. The summed E-state index contributed by atoms with van der Waals surface area (Å²) in [5, 5.41) is 11.0. The van der Waals surface area contributed by atoms with Crippen LogP contribution < -0.4 is 0 Å². The van der Waals surface area contributed by atoms with Crippen molar-refractivity contribution in [1.29, 1.82) is 0 Å². The van der Waals surface area contributed by atoms with Gasteiger partial charge in [-0.25, -0.2) is 4.98 Å². The van der Waals surface area contributed by atoms with Crippen molar-refractivity contribution in [2.24, 2.45) is 0 Å². The van der Waals surface area contributed by atoms with Crippen molar-refractivity contribution in [3.8, 4) is 5.75 Å². The van der Waals surface area contributed by atoms with Crippen molar-refractivity contribution in [2.45, 2.75) is 39.2 Å². The van der Waals surface area contributed by atoms with Crippen LogP contribution in [0.2, 0.25) is 0 Å². The van der Waals surface area contributed by atoms with E-state index in [1.54, 1.807) is 17.0 Å². The summed E-state index contributed by atoms with van der Waals surface area (Å²) in [4.78, 5) is 30.1. The maximum absolute atomic E-state index is 12.6. The predicted octanol–water partition coefficient (Wildman–Crippen LogP) is 3.38. The van der Waals surface area contributed by atoms with Crippen LogP contribution in [0.4, 0.5) is 0 Å². The molecule has 1 unspecified atom stereocenters. The van der Waals surface area contributed by atoms with Crippen molar-refractivity contribution in [2.75, 3.05) is 6.54 Å². The first-order valence-corrected chi connectivity index (χ1v) is 9.50. The lowest BCUT2D eigenvalue weighted by atomic mass is 9.90. The van der Waals surface area contributed by atoms with Crippen LogP contribution in [-0.2, 0) is 11.2 Å². The Morgan fingerprint density at radius 1 is 1.29 bits per heavy atom. The number of hydrogen-bond acceptors (Lipinski definition) is 4. The average Bonchev–Trinajstić information content (AvgIpc) is 2.96. The number of amides is 1. The van der Waals surface area contributed by atoms with E-state index < -0.39 is 0 Å². The van der Waals surface area contributed by atoms with Crippen LogP contribution >= 0.6 is 0 Å². The fourth-order valence-electron chi connectivity index (χ4n) is 3.86. The molecule has 1 aromatic carbocycles. The van der Waals surface area contributed by atoms with Gasteiger partial charge in [-0.2, -0.15) is 0 Å². The van der Waals surface area contributed by atoms with Gasteiger partial charge in [-0.1, -0.05) is 30.3 Å². The second kappa shape index (κ2) is 7.11. The molecule has 1 fully saturated rings. The van der Waals surface area contributed by atoms with Crippen LogP contribution in [0.15, 0.2) is 36.5 Å². The highest BCUT2D eigenvalue weighted by molar-refractivity contribution is 5.96. The lowest BCUT2D eigenvalue weighted by molar-refractivity contribution is -0.125. The Bertz CT molecular complexity index is 1060. The third-order valence-corrected chi connectivity index (χ3v) is 5.75. The van der Waals surface area contributed by atoms with E-state index in [1.165, 1.54) is 0 Å². The van der Waals surface area contributed by atoms with Gasteiger partial charge in [-0.05, 0) is 32.3 Å². The molecule has 1 atom stereocenters. The average molecular weight is 377 g/mol. The number of rotatable bonds is 6. The summed E-state index contributed by atoms with van der Waals surface area (Å²) in [7, 11) is 0. The van der Waals surface area contributed by atoms with Crippen LogP contribution in [0.5, 0.6) is 5.75 Å².